The van der Waals surface area contributed by atoms with Gasteiger partial charge in [-0.15, -0.1) is 0 Å². The third kappa shape index (κ3) is 2.28. The quantitative estimate of drug-likeness (QED) is 0.790. The molecule has 2 N–H and O–H groups in total. The Bertz CT molecular complexity index is 735. The van der Waals surface area contributed by atoms with Crippen molar-refractivity contribution in [3.8, 4) is 11.6 Å². The van der Waals surface area contributed by atoms with Crippen LogP contribution in [0.25, 0.3) is 22.5 Å². The van der Waals surface area contributed by atoms with E-state index < -0.39 is 0 Å². The fourth-order valence-electron chi connectivity index (χ4n) is 1.96. The monoisotopic (exact) mass is 268 g/mol. The number of hydrogen-bond donors (Lipinski definition) is 1. The van der Waals surface area contributed by atoms with E-state index in [1.807, 2.05) is 50.2 Å². The number of nitrogens with zero attached hydrogens (tertiary/aromatic N) is 3. The summed E-state index contributed by atoms with van der Waals surface area (Å²) in [5, 5.41) is 5.02. The summed E-state index contributed by atoms with van der Waals surface area (Å²) in [4.78, 5) is 8.87. The summed E-state index contributed by atoms with van der Waals surface area (Å²) in [7, 11) is 0. The van der Waals surface area contributed by atoms with Gasteiger partial charge in [-0.05, 0) is 18.1 Å². The molecule has 0 fully saturated rings. The largest absolute Gasteiger partial charge is 0.332 e. The van der Waals surface area contributed by atoms with E-state index in [2.05, 4.69) is 15.1 Å². The highest BCUT2D eigenvalue weighted by atomic mass is 16.5. The first kappa shape index (κ1) is 12.7. The predicted octanol–water partition coefficient (Wildman–Crippen LogP) is 2.94. The van der Waals surface area contributed by atoms with Gasteiger partial charge in [0.15, 0.2) is 5.82 Å². The maximum Gasteiger partial charge on any atom is 0.276 e. The molecular formula is C15H16N4O. The number of para-hydroxylation sites is 1. The van der Waals surface area contributed by atoms with Crippen LogP contribution in [-0.2, 0) is 0 Å². The lowest BCUT2D eigenvalue weighted by Crippen LogP contribution is -2.18. The van der Waals surface area contributed by atoms with Crippen molar-refractivity contribution in [2.75, 3.05) is 0 Å². The Labute approximate surface area is 116 Å². The van der Waals surface area contributed by atoms with E-state index in [4.69, 9.17) is 10.3 Å². The number of pyridine rings is 1. The summed E-state index contributed by atoms with van der Waals surface area (Å²) >= 11 is 0. The van der Waals surface area contributed by atoms with E-state index in [9.17, 15) is 0 Å². The van der Waals surface area contributed by atoms with Crippen LogP contribution >= 0.6 is 0 Å². The number of rotatable bonds is 3. The minimum Gasteiger partial charge on any atom is -0.332 e. The zero-order valence-electron chi connectivity index (χ0n) is 11.4. The molecule has 1 aromatic carbocycles. The summed E-state index contributed by atoms with van der Waals surface area (Å²) in [6.45, 7) is 4.05. The van der Waals surface area contributed by atoms with Crippen molar-refractivity contribution < 1.29 is 4.52 Å². The van der Waals surface area contributed by atoms with Crippen LogP contribution in [0.15, 0.2) is 40.9 Å². The van der Waals surface area contributed by atoms with Gasteiger partial charge in [-0.3, -0.25) is 0 Å². The molecule has 0 aliphatic carbocycles. The minimum atomic E-state index is -0.229. The molecule has 0 aliphatic heterocycles. The van der Waals surface area contributed by atoms with Gasteiger partial charge >= 0.3 is 0 Å². The molecule has 0 amide bonds. The van der Waals surface area contributed by atoms with Gasteiger partial charge < -0.3 is 10.3 Å². The standard InChI is InChI=1S/C15H16N4O/c1-9(2)13(16)14-18-15(20-19-14)12-8-7-10-5-3-4-6-11(10)17-12/h3-9,13H,16H2,1-2H3. The second kappa shape index (κ2) is 5.02. The minimum absolute atomic E-state index is 0.229. The molecule has 3 aromatic rings. The molecule has 2 aromatic heterocycles. The molecule has 0 aliphatic rings. The van der Waals surface area contributed by atoms with Gasteiger partial charge in [0.1, 0.15) is 5.69 Å². The molecule has 3 rings (SSSR count). The summed E-state index contributed by atoms with van der Waals surface area (Å²) < 4.78 is 5.27. The van der Waals surface area contributed by atoms with Crippen molar-refractivity contribution in [2.24, 2.45) is 11.7 Å². The average Bonchev–Trinajstić information content (AvgIpc) is 2.95. The number of fused-ring (bicyclic) bond motifs is 1. The number of benzene rings is 1. The first-order valence-electron chi connectivity index (χ1n) is 6.60. The topological polar surface area (TPSA) is 77.8 Å². The highest BCUT2D eigenvalue weighted by Crippen LogP contribution is 2.22. The first-order chi connectivity index (χ1) is 9.65. The molecule has 1 atom stereocenters. The Kier molecular flexibility index (Phi) is 3.20. The van der Waals surface area contributed by atoms with E-state index in [0.29, 0.717) is 17.4 Å². The highest BCUT2D eigenvalue weighted by molar-refractivity contribution is 5.80. The molecule has 0 saturated carbocycles. The third-order valence-electron chi connectivity index (χ3n) is 3.28. The van der Waals surface area contributed by atoms with E-state index in [-0.39, 0.29) is 12.0 Å². The summed E-state index contributed by atoms with van der Waals surface area (Å²) in [5.41, 5.74) is 7.58. The molecule has 2 heterocycles. The van der Waals surface area contributed by atoms with Gasteiger partial charge in [0.2, 0.25) is 0 Å². The van der Waals surface area contributed by atoms with E-state index >= 15 is 0 Å². The van der Waals surface area contributed by atoms with E-state index in [0.717, 1.165) is 10.9 Å². The number of nitrogens with two attached hydrogens (primary N) is 1. The normalized spacial score (nSPS) is 13.0. The van der Waals surface area contributed by atoms with Crippen LogP contribution in [0.4, 0.5) is 0 Å². The Hall–Kier alpha value is -2.27. The lowest BCUT2D eigenvalue weighted by molar-refractivity contribution is 0.399. The number of aromatic nitrogens is 3. The Morgan fingerprint density at radius 2 is 1.85 bits per heavy atom. The van der Waals surface area contributed by atoms with Crippen molar-refractivity contribution in [1.82, 2.24) is 15.1 Å². The molecule has 0 spiro atoms. The van der Waals surface area contributed by atoms with Crippen LogP contribution in [0.5, 0.6) is 0 Å². The van der Waals surface area contributed by atoms with Crippen LogP contribution in [-0.4, -0.2) is 15.1 Å². The lowest BCUT2D eigenvalue weighted by atomic mass is 10.1. The Morgan fingerprint density at radius 3 is 2.65 bits per heavy atom. The molecule has 20 heavy (non-hydrogen) atoms. The highest BCUT2D eigenvalue weighted by Gasteiger charge is 2.18. The van der Waals surface area contributed by atoms with Gasteiger partial charge in [-0.1, -0.05) is 43.3 Å². The first-order valence-corrected chi connectivity index (χ1v) is 6.60. The van der Waals surface area contributed by atoms with Gasteiger partial charge in [-0.2, -0.15) is 4.98 Å². The molecule has 0 saturated heterocycles. The second-order valence-electron chi connectivity index (χ2n) is 5.12. The maximum atomic E-state index is 6.01. The second-order valence-corrected chi connectivity index (χ2v) is 5.12. The van der Waals surface area contributed by atoms with Crippen LogP contribution in [0.3, 0.4) is 0 Å². The zero-order valence-corrected chi connectivity index (χ0v) is 11.4. The van der Waals surface area contributed by atoms with Crippen LogP contribution < -0.4 is 5.73 Å². The van der Waals surface area contributed by atoms with Crippen molar-refractivity contribution >= 4 is 10.9 Å². The van der Waals surface area contributed by atoms with Crippen molar-refractivity contribution in [3.63, 3.8) is 0 Å². The zero-order chi connectivity index (χ0) is 14.1. The van der Waals surface area contributed by atoms with Crippen molar-refractivity contribution in [1.29, 1.82) is 0 Å². The average molecular weight is 268 g/mol. The Balaban J connectivity index is 1.99. The van der Waals surface area contributed by atoms with Crippen LogP contribution in [0.2, 0.25) is 0 Å². The smallest absolute Gasteiger partial charge is 0.276 e. The van der Waals surface area contributed by atoms with Crippen molar-refractivity contribution in [3.05, 3.63) is 42.2 Å². The SMILES string of the molecule is CC(C)C(N)c1noc(-c2ccc3ccccc3n2)n1. The molecule has 1 unspecified atom stereocenters. The van der Waals surface area contributed by atoms with E-state index in [1.165, 1.54) is 0 Å². The fourth-order valence-corrected chi connectivity index (χ4v) is 1.96. The van der Waals surface area contributed by atoms with Crippen LogP contribution in [0, 0.1) is 5.92 Å². The predicted molar refractivity (Wildman–Crippen MR) is 76.8 cm³/mol. The third-order valence-corrected chi connectivity index (χ3v) is 3.28. The van der Waals surface area contributed by atoms with E-state index in [1.54, 1.807) is 0 Å². The summed E-state index contributed by atoms with van der Waals surface area (Å²) in [6, 6.07) is 11.5. The summed E-state index contributed by atoms with van der Waals surface area (Å²) in [5.74, 6) is 1.18. The van der Waals surface area contributed by atoms with Gasteiger partial charge in [0.25, 0.3) is 5.89 Å². The van der Waals surface area contributed by atoms with Gasteiger partial charge in [0.05, 0.1) is 11.6 Å². The molecule has 5 nitrogen and oxygen atoms in total. The summed E-state index contributed by atoms with van der Waals surface area (Å²) in [6.07, 6.45) is 0. The van der Waals surface area contributed by atoms with Gasteiger partial charge in [-0.25, -0.2) is 4.98 Å². The molecule has 5 heteroatoms. The Morgan fingerprint density at radius 1 is 1.05 bits per heavy atom. The molecular weight excluding hydrogens is 252 g/mol. The maximum absolute atomic E-state index is 6.01. The fraction of sp³-hybridized carbons (Fsp3) is 0.267. The number of hydrogen-bond acceptors (Lipinski definition) is 5. The molecule has 102 valence electrons. The van der Waals surface area contributed by atoms with Gasteiger partial charge in [0, 0.05) is 5.39 Å². The molecule has 0 bridgehead atoms. The molecule has 0 radical (unpaired) electrons. The van der Waals surface area contributed by atoms with Crippen molar-refractivity contribution in [2.45, 2.75) is 19.9 Å². The lowest BCUT2D eigenvalue weighted by Gasteiger charge is -2.09. The van der Waals surface area contributed by atoms with Crippen LogP contribution in [0.1, 0.15) is 25.7 Å².